The first kappa shape index (κ1) is 21.5. The number of carbonyl (C=O) groups excluding carboxylic acids is 1. The minimum atomic E-state index is -0.875. The molecule has 0 saturated heterocycles. The molecule has 3 N–H and O–H groups in total. The van der Waals surface area contributed by atoms with Crippen LogP contribution in [-0.2, 0) is 0 Å². The molecule has 1 heterocycles. The van der Waals surface area contributed by atoms with E-state index in [0.29, 0.717) is 16.4 Å². The van der Waals surface area contributed by atoms with Crippen LogP contribution in [0.15, 0.2) is 55.5 Å². The van der Waals surface area contributed by atoms with Gasteiger partial charge in [0, 0.05) is 15.2 Å². The highest BCUT2D eigenvalue weighted by atomic mass is 79.9. The zero-order chi connectivity index (χ0) is 22.0. The van der Waals surface area contributed by atoms with E-state index in [1.54, 1.807) is 37.3 Å². The number of hydrogen-bond acceptors (Lipinski definition) is 4. The average molecular weight is 492 g/mol. The van der Waals surface area contributed by atoms with Gasteiger partial charge < -0.3 is 10.4 Å². The molecule has 0 bridgehead atoms. The number of halogens is 2. The summed E-state index contributed by atoms with van der Waals surface area (Å²) in [6.45, 7) is 3.62. The second kappa shape index (κ2) is 8.68. The molecule has 10 heteroatoms. The molecular formula is C20H16BrClN4O4. The highest BCUT2D eigenvalue weighted by Gasteiger charge is 2.17. The summed E-state index contributed by atoms with van der Waals surface area (Å²) in [6, 6.07) is 8.99. The molecule has 1 aromatic heterocycles. The van der Waals surface area contributed by atoms with E-state index >= 15 is 0 Å². The van der Waals surface area contributed by atoms with Crippen LogP contribution < -0.4 is 16.6 Å². The van der Waals surface area contributed by atoms with Crippen LogP contribution >= 0.6 is 27.5 Å². The maximum absolute atomic E-state index is 12.4. The zero-order valence-electron chi connectivity index (χ0n) is 15.9. The van der Waals surface area contributed by atoms with Crippen molar-refractivity contribution in [3.8, 4) is 11.6 Å². The largest absolute Gasteiger partial charge is 0.493 e. The van der Waals surface area contributed by atoms with Gasteiger partial charge in [-0.1, -0.05) is 33.6 Å². The number of aromatic amines is 1. The van der Waals surface area contributed by atoms with Crippen LogP contribution in [0.4, 0.5) is 10.5 Å². The molecule has 30 heavy (non-hydrogen) atoms. The lowest BCUT2D eigenvalue weighted by Gasteiger charge is -2.14. The summed E-state index contributed by atoms with van der Waals surface area (Å²) in [7, 11) is 0. The van der Waals surface area contributed by atoms with Gasteiger partial charge in [-0.2, -0.15) is 0 Å². The summed E-state index contributed by atoms with van der Waals surface area (Å²) >= 11 is 9.27. The van der Waals surface area contributed by atoms with E-state index < -0.39 is 23.2 Å². The Balaban J connectivity index is 2.01. The number of aliphatic imine (C=N–C) groups is 1. The second-order valence-corrected chi connectivity index (χ2v) is 7.64. The predicted octanol–water partition coefficient (Wildman–Crippen LogP) is 3.92. The van der Waals surface area contributed by atoms with Gasteiger partial charge in [0.05, 0.1) is 11.9 Å². The number of aromatic hydroxyl groups is 1. The summed E-state index contributed by atoms with van der Waals surface area (Å²) in [5.74, 6) is -0.632. The fourth-order valence-corrected chi connectivity index (χ4v) is 3.36. The molecule has 0 atom stereocenters. The Labute approximate surface area is 184 Å². The monoisotopic (exact) mass is 490 g/mol. The van der Waals surface area contributed by atoms with Crippen molar-refractivity contribution >= 4 is 45.5 Å². The molecular weight excluding hydrogens is 476 g/mol. The van der Waals surface area contributed by atoms with E-state index in [-0.39, 0.29) is 5.56 Å². The molecule has 0 radical (unpaired) electrons. The number of urea groups is 1. The van der Waals surface area contributed by atoms with Gasteiger partial charge in [0.1, 0.15) is 5.56 Å². The Morgan fingerprint density at radius 3 is 2.67 bits per heavy atom. The maximum Gasteiger partial charge on any atom is 0.345 e. The van der Waals surface area contributed by atoms with Gasteiger partial charge in [-0.15, -0.1) is 0 Å². The van der Waals surface area contributed by atoms with Gasteiger partial charge in [0.2, 0.25) is 5.88 Å². The number of benzene rings is 2. The van der Waals surface area contributed by atoms with Crippen LogP contribution in [0, 0.1) is 13.8 Å². The van der Waals surface area contributed by atoms with Crippen molar-refractivity contribution in [3.05, 3.63) is 83.4 Å². The number of nitrogens with zero attached hydrogens (tertiary/aromatic N) is 2. The molecule has 0 saturated carbocycles. The number of anilines is 1. The molecule has 0 aliphatic rings. The first-order valence-corrected chi connectivity index (χ1v) is 9.81. The molecule has 2 amide bonds. The van der Waals surface area contributed by atoms with E-state index in [4.69, 9.17) is 11.6 Å². The van der Waals surface area contributed by atoms with E-state index in [1.807, 2.05) is 6.92 Å². The van der Waals surface area contributed by atoms with Crippen molar-refractivity contribution in [2.45, 2.75) is 13.8 Å². The summed E-state index contributed by atoms with van der Waals surface area (Å²) in [5, 5.41) is 13.5. The standard InChI is InChI=1S/C20H16BrClN4O4/c1-10-11(2)16(7-6-15(10)21)26-18(28)14(17(27)25-20(26)30)9-23-19(29)24-13-5-3-4-12(22)8-13/h3-9,28H,1-2H3,(H,24,29)(H,25,27,30). The van der Waals surface area contributed by atoms with Crippen molar-refractivity contribution < 1.29 is 9.90 Å². The smallest absolute Gasteiger partial charge is 0.345 e. The van der Waals surface area contributed by atoms with E-state index in [2.05, 4.69) is 31.2 Å². The average Bonchev–Trinajstić information content (AvgIpc) is 2.67. The fourth-order valence-electron chi connectivity index (χ4n) is 2.74. The first-order chi connectivity index (χ1) is 14.2. The van der Waals surface area contributed by atoms with Crippen molar-refractivity contribution in [1.29, 1.82) is 0 Å². The number of H-pyrrole nitrogens is 1. The topological polar surface area (TPSA) is 117 Å². The quantitative estimate of drug-likeness (QED) is 0.482. The third kappa shape index (κ3) is 4.37. The lowest BCUT2D eigenvalue weighted by molar-refractivity contribution is 0.259. The molecule has 3 aromatic rings. The number of carbonyl (C=O) groups is 1. The normalized spacial score (nSPS) is 11.1. The number of aromatic nitrogens is 2. The van der Waals surface area contributed by atoms with Crippen LogP contribution in [0.2, 0.25) is 5.02 Å². The maximum atomic E-state index is 12.4. The molecule has 0 fully saturated rings. The van der Waals surface area contributed by atoms with Crippen molar-refractivity contribution in [3.63, 3.8) is 0 Å². The number of amides is 2. The van der Waals surface area contributed by atoms with Crippen molar-refractivity contribution in [2.75, 3.05) is 5.32 Å². The summed E-state index contributed by atoms with van der Waals surface area (Å²) in [6.07, 6.45) is 0.894. The van der Waals surface area contributed by atoms with Crippen LogP contribution in [0.1, 0.15) is 16.7 Å². The first-order valence-electron chi connectivity index (χ1n) is 8.64. The number of hydrogen-bond donors (Lipinski definition) is 3. The Morgan fingerprint density at radius 1 is 1.23 bits per heavy atom. The molecule has 2 aromatic carbocycles. The SMILES string of the molecule is Cc1c(Br)ccc(-n2c(O)c(C=NC(=O)Nc3cccc(Cl)c3)c(=O)[nH]c2=O)c1C. The van der Waals surface area contributed by atoms with E-state index in [9.17, 15) is 19.5 Å². The molecule has 154 valence electrons. The van der Waals surface area contributed by atoms with Gasteiger partial charge in [0.25, 0.3) is 5.56 Å². The lowest BCUT2D eigenvalue weighted by atomic mass is 10.1. The Hall–Kier alpha value is -3.17. The third-order valence-corrected chi connectivity index (χ3v) is 5.54. The number of rotatable bonds is 3. The van der Waals surface area contributed by atoms with Crippen molar-refractivity contribution in [2.24, 2.45) is 4.99 Å². The molecule has 0 aliphatic heterocycles. The van der Waals surface area contributed by atoms with Gasteiger partial charge >= 0.3 is 11.7 Å². The Morgan fingerprint density at radius 2 is 1.97 bits per heavy atom. The van der Waals surface area contributed by atoms with E-state index in [0.717, 1.165) is 26.4 Å². The van der Waals surface area contributed by atoms with Crippen LogP contribution in [0.3, 0.4) is 0 Å². The summed E-state index contributed by atoms with van der Waals surface area (Å²) in [4.78, 5) is 42.4. The van der Waals surface area contributed by atoms with Crippen LogP contribution in [0.5, 0.6) is 5.88 Å². The molecule has 8 nitrogen and oxygen atoms in total. The van der Waals surface area contributed by atoms with Crippen molar-refractivity contribution in [1.82, 2.24) is 9.55 Å². The molecule has 0 spiro atoms. The molecule has 3 rings (SSSR count). The molecule has 0 aliphatic carbocycles. The van der Waals surface area contributed by atoms with Gasteiger partial charge in [-0.05, 0) is 55.3 Å². The minimum Gasteiger partial charge on any atom is -0.493 e. The fraction of sp³-hybridized carbons (Fsp3) is 0.100. The lowest BCUT2D eigenvalue weighted by Crippen LogP contribution is -2.32. The Kier molecular flexibility index (Phi) is 6.23. The van der Waals surface area contributed by atoms with Gasteiger partial charge in [0.15, 0.2) is 0 Å². The second-order valence-electron chi connectivity index (χ2n) is 6.35. The minimum absolute atomic E-state index is 0.337. The van der Waals surface area contributed by atoms with Crippen LogP contribution in [0.25, 0.3) is 5.69 Å². The predicted molar refractivity (Wildman–Crippen MR) is 120 cm³/mol. The highest BCUT2D eigenvalue weighted by Crippen LogP contribution is 2.26. The summed E-state index contributed by atoms with van der Waals surface area (Å²) in [5.41, 5.74) is 0.343. The van der Waals surface area contributed by atoms with Gasteiger partial charge in [-0.3, -0.25) is 9.78 Å². The van der Waals surface area contributed by atoms with Crippen LogP contribution in [-0.4, -0.2) is 26.9 Å². The third-order valence-electron chi connectivity index (χ3n) is 4.44. The summed E-state index contributed by atoms with van der Waals surface area (Å²) < 4.78 is 1.78. The highest BCUT2D eigenvalue weighted by molar-refractivity contribution is 9.10. The number of nitrogens with one attached hydrogen (secondary N) is 2. The van der Waals surface area contributed by atoms with Gasteiger partial charge in [-0.25, -0.2) is 19.1 Å². The zero-order valence-corrected chi connectivity index (χ0v) is 18.2. The molecule has 0 unspecified atom stereocenters. The van der Waals surface area contributed by atoms with E-state index in [1.165, 1.54) is 6.07 Å². The Bertz CT molecular complexity index is 1300.